The highest BCUT2D eigenvalue weighted by Gasteiger charge is 2.19. The lowest BCUT2D eigenvalue weighted by atomic mass is 10.3. The molecule has 7 heteroatoms. The van der Waals surface area contributed by atoms with Gasteiger partial charge in [-0.05, 0) is 20.8 Å². The minimum atomic E-state index is -0.716. The molecule has 1 atom stereocenters. The molecule has 1 amide bonds. The van der Waals surface area contributed by atoms with E-state index in [4.69, 9.17) is 4.74 Å². The molecule has 16 heavy (non-hydrogen) atoms. The van der Waals surface area contributed by atoms with Gasteiger partial charge in [0, 0.05) is 0 Å². The van der Waals surface area contributed by atoms with Crippen LogP contribution in [0.2, 0.25) is 0 Å². The molecular formula is C9H14N4O3. The van der Waals surface area contributed by atoms with Crippen molar-refractivity contribution in [3.63, 3.8) is 0 Å². The van der Waals surface area contributed by atoms with Gasteiger partial charge in [0.25, 0.3) is 5.91 Å². The van der Waals surface area contributed by atoms with Gasteiger partial charge in [0.05, 0.1) is 6.61 Å². The molecule has 0 bridgehead atoms. The van der Waals surface area contributed by atoms with E-state index >= 15 is 0 Å². The minimum Gasteiger partial charge on any atom is -0.464 e. The Morgan fingerprint density at radius 2 is 2.25 bits per heavy atom. The molecule has 0 aromatic carbocycles. The number of aryl methyl sites for hydroxylation is 1. The van der Waals surface area contributed by atoms with E-state index in [1.54, 1.807) is 13.8 Å². The molecule has 1 aromatic rings. The SMILES string of the molecule is CCOC(=O)C(C)NC(=O)c1n[nH]c(C)n1. The molecule has 1 aromatic heterocycles. The number of hydrogen-bond donors (Lipinski definition) is 2. The molecule has 0 aliphatic heterocycles. The monoisotopic (exact) mass is 226 g/mol. The summed E-state index contributed by atoms with van der Waals surface area (Å²) in [4.78, 5) is 26.6. The summed E-state index contributed by atoms with van der Waals surface area (Å²) in [6, 6.07) is -0.716. The van der Waals surface area contributed by atoms with Crippen LogP contribution in [0.3, 0.4) is 0 Å². The summed E-state index contributed by atoms with van der Waals surface area (Å²) in [7, 11) is 0. The number of nitrogens with zero attached hydrogens (tertiary/aromatic N) is 2. The molecule has 2 N–H and O–H groups in total. The quantitative estimate of drug-likeness (QED) is 0.692. The zero-order valence-corrected chi connectivity index (χ0v) is 9.40. The van der Waals surface area contributed by atoms with E-state index in [1.807, 2.05) is 0 Å². The summed E-state index contributed by atoms with van der Waals surface area (Å²) in [5, 5.41) is 8.65. The van der Waals surface area contributed by atoms with E-state index in [0.717, 1.165) is 0 Å². The molecule has 0 fully saturated rings. The molecule has 0 saturated carbocycles. The third kappa shape index (κ3) is 3.04. The lowest BCUT2D eigenvalue weighted by molar-refractivity contribution is -0.144. The zero-order chi connectivity index (χ0) is 12.1. The van der Waals surface area contributed by atoms with Crippen molar-refractivity contribution in [3.05, 3.63) is 11.6 Å². The van der Waals surface area contributed by atoms with Crippen molar-refractivity contribution in [2.45, 2.75) is 26.8 Å². The van der Waals surface area contributed by atoms with Crippen molar-refractivity contribution < 1.29 is 14.3 Å². The lowest BCUT2D eigenvalue weighted by Gasteiger charge is -2.10. The van der Waals surface area contributed by atoms with Gasteiger partial charge in [-0.2, -0.15) is 0 Å². The number of carbonyl (C=O) groups is 2. The maximum atomic E-state index is 11.5. The molecule has 88 valence electrons. The average Bonchev–Trinajstić information content (AvgIpc) is 2.65. The fraction of sp³-hybridized carbons (Fsp3) is 0.556. The number of hydrogen-bond acceptors (Lipinski definition) is 5. The molecule has 0 aliphatic rings. The highest BCUT2D eigenvalue weighted by atomic mass is 16.5. The van der Waals surface area contributed by atoms with Crippen LogP contribution in [0.4, 0.5) is 0 Å². The Kier molecular flexibility index (Phi) is 3.98. The van der Waals surface area contributed by atoms with Gasteiger partial charge in [-0.3, -0.25) is 9.89 Å². The van der Waals surface area contributed by atoms with Crippen molar-refractivity contribution in [2.75, 3.05) is 6.61 Å². The van der Waals surface area contributed by atoms with E-state index in [2.05, 4.69) is 20.5 Å². The van der Waals surface area contributed by atoms with E-state index < -0.39 is 17.9 Å². The summed E-state index contributed by atoms with van der Waals surface area (Å²) in [5.41, 5.74) is 0. The van der Waals surface area contributed by atoms with Crippen LogP contribution < -0.4 is 5.32 Å². The van der Waals surface area contributed by atoms with Gasteiger partial charge in [0.15, 0.2) is 0 Å². The molecule has 0 saturated heterocycles. The minimum absolute atomic E-state index is 0.00801. The number of carbonyl (C=O) groups excluding carboxylic acids is 2. The molecule has 0 aliphatic carbocycles. The molecule has 7 nitrogen and oxygen atoms in total. The van der Waals surface area contributed by atoms with Crippen molar-refractivity contribution in [3.8, 4) is 0 Å². The number of amides is 1. The third-order valence-electron chi connectivity index (χ3n) is 1.79. The molecule has 1 rings (SSSR count). The first kappa shape index (κ1) is 12.2. The fourth-order valence-corrected chi connectivity index (χ4v) is 1.03. The lowest BCUT2D eigenvalue weighted by Crippen LogP contribution is -2.40. The van der Waals surface area contributed by atoms with Gasteiger partial charge in [-0.25, -0.2) is 9.78 Å². The Bertz CT molecular complexity index is 388. The van der Waals surface area contributed by atoms with Crippen LogP contribution in [0.1, 0.15) is 30.3 Å². The van der Waals surface area contributed by atoms with Crippen LogP contribution in [-0.4, -0.2) is 39.7 Å². The van der Waals surface area contributed by atoms with Gasteiger partial charge < -0.3 is 10.1 Å². The van der Waals surface area contributed by atoms with Gasteiger partial charge in [0.1, 0.15) is 11.9 Å². The Morgan fingerprint density at radius 3 is 2.75 bits per heavy atom. The first-order valence-electron chi connectivity index (χ1n) is 4.91. The van der Waals surface area contributed by atoms with Crippen LogP contribution in [0, 0.1) is 6.92 Å². The predicted octanol–water partition coefficient (Wildman–Crippen LogP) is -0.205. The van der Waals surface area contributed by atoms with Crippen LogP contribution in [0.15, 0.2) is 0 Å². The predicted molar refractivity (Wildman–Crippen MR) is 54.7 cm³/mol. The third-order valence-corrected chi connectivity index (χ3v) is 1.79. The van der Waals surface area contributed by atoms with Crippen molar-refractivity contribution >= 4 is 11.9 Å². The highest BCUT2D eigenvalue weighted by molar-refractivity contribution is 5.93. The number of aromatic nitrogens is 3. The maximum absolute atomic E-state index is 11.5. The zero-order valence-electron chi connectivity index (χ0n) is 9.40. The second kappa shape index (κ2) is 5.24. The standard InChI is InChI=1S/C9H14N4O3/c1-4-16-9(15)5(2)10-8(14)7-11-6(3)12-13-7/h5H,4H2,1-3H3,(H,10,14)(H,11,12,13). The maximum Gasteiger partial charge on any atom is 0.328 e. The van der Waals surface area contributed by atoms with Gasteiger partial charge >= 0.3 is 5.97 Å². The first-order valence-corrected chi connectivity index (χ1v) is 4.91. The highest BCUT2D eigenvalue weighted by Crippen LogP contribution is 1.94. The van der Waals surface area contributed by atoms with Crippen LogP contribution in [-0.2, 0) is 9.53 Å². The summed E-state index contributed by atoms with van der Waals surface area (Å²) in [6.07, 6.45) is 0. The van der Waals surface area contributed by atoms with E-state index in [0.29, 0.717) is 5.82 Å². The van der Waals surface area contributed by atoms with Crippen molar-refractivity contribution in [1.82, 2.24) is 20.5 Å². The van der Waals surface area contributed by atoms with Gasteiger partial charge in [-0.15, -0.1) is 5.10 Å². The Balaban J connectivity index is 2.54. The van der Waals surface area contributed by atoms with Crippen LogP contribution >= 0.6 is 0 Å². The van der Waals surface area contributed by atoms with Gasteiger partial charge in [-0.1, -0.05) is 0 Å². The van der Waals surface area contributed by atoms with Crippen molar-refractivity contribution in [2.24, 2.45) is 0 Å². The Hall–Kier alpha value is -1.92. The topological polar surface area (TPSA) is 97.0 Å². The number of nitrogens with one attached hydrogen (secondary N) is 2. The summed E-state index contributed by atoms with van der Waals surface area (Å²) >= 11 is 0. The number of aromatic amines is 1. The molecule has 1 unspecified atom stereocenters. The summed E-state index contributed by atoms with van der Waals surface area (Å²) in [6.45, 7) is 5.19. The largest absolute Gasteiger partial charge is 0.464 e. The van der Waals surface area contributed by atoms with E-state index in [1.165, 1.54) is 6.92 Å². The van der Waals surface area contributed by atoms with Gasteiger partial charge in [0.2, 0.25) is 5.82 Å². The molecule has 0 radical (unpaired) electrons. The molecule has 1 heterocycles. The first-order chi connectivity index (χ1) is 7.54. The smallest absolute Gasteiger partial charge is 0.328 e. The second-order valence-corrected chi connectivity index (χ2v) is 3.19. The van der Waals surface area contributed by atoms with E-state index in [9.17, 15) is 9.59 Å². The normalized spacial score (nSPS) is 11.9. The number of ether oxygens (including phenoxy) is 1. The average molecular weight is 226 g/mol. The summed E-state index contributed by atoms with van der Waals surface area (Å²) < 4.78 is 4.74. The van der Waals surface area contributed by atoms with E-state index in [-0.39, 0.29) is 12.4 Å². The summed E-state index contributed by atoms with van der Waals surface area (Å²) in [5.74, 6) is -0.449. The fourth-order valence-electron chi connectivity index (χ4n) is 1.03. The van der Waals surface area contributed by atoms with Crippen LogP contribution in [0.5, 0.6) is 0 Å². The Morgan fingerprint density at radius 1 is 1.56 bits per heavy atom. The number of H-pyrrole nitrogens is 1. The molecular weight excluding hydrogens is 212 g/mol. The van der Waals surface area contributed by atoms with Crippen molar-refractivity contribution in [1.29, 1.82) is 0 Å². The number of rotatable bonds is 4. The van der Waals surface area contributed by atoms with Crippen LogP contribution in [0.25, 0.3) is 0 Å². The Labute approximate surface area is 92.6 Å². The molecule has 0 spiro atoms. The number of esters is 1. The second-order valence-electron chi connectivity index (χ2n) is 3.19.